The molecule has 1 atom stereocenters. The number of carbonyl (C=O) groups excluding carboxylic acids is 1. The highest BCUT2D eigenvalue weighted by molar-refractivity contribution is 7.89. The highest BCUT2D eigenvalue weighted by atomic mass is 35.5. The molecule has 1 aromatic rings. The number of carbonyl (C=O) groups is 1. The zero-order valence-electron chi connectivity index (χ0n) is 14.0. The van der Waals surface area contributed by atoms with E-state index in [1.807, 2.05) is 19.1 Å². The molecule has 0 unspecified atom stereocenters. The number of hydrogen-bond donors (Lipinski definition) is 2. The lowest BCUT2D eigenvalue weighted by Crippen LogP contribution is -2.49. The van der Waals surface area contributed by atoms with Gasteiger partial charge in [0, 0.05) is 24.2 Å². The van der Waals surface area contributed by atoms with Gasteiger partial charge in [0.2, 0.25) is 10.0 Å². The summed E-state index contributed by atoms with van der Waals surface area (Å²) >= 11 is 5.86. The SMILES string of the molecule is CCS(=O)(=O)N1CCC(NC(=O)N[C@@H](C)c2ccc(Cl)cc2)CC1. The highest BCUT2D eigenvalue weighted by Gasteiger charge is 2.27. The molecule has 0 spiro atoms. The first-order valence-corrected chi connectivity index (χ1v) is 10.1. The van der Waals surface area contributed by atoms with E-state index in [0.717, 1.165) is 5.56 Å². The summed E-state index contributed by atoms with van der Waals surface area (Å²) in [5.74, 6) is 0.115. The molecule has 1 fully saturated rings. The number of halogens is 1. The van der Waals surface area contributed by atoms with Gasteiger partial charge in [-0.1, -0.05) is 23.7 Å². The Morgan fingerprint density at radius 3 is 2.42 bits per heavy atom. The maximum Gasteiger partial charge on any atom is 0.315 e. The molecule has 134 valence electrons. The van der Waals surface area contributed by atoms with Gasteiger partial charge in [-0.25, -0.2) is 17.5 Å². The summed E-state index contributed by atoms with van der Waals surface area (Å²) in [5, 5.41) is 6.47. The van der Waals surface area contributed by atoms with Gasteiger partial charge in [0.25, 0.3) is 0 Å². The Hall–Kier alpha value is -1.31. The third-order valence-electron chi connectivity index (χ3n) is 4.26. The fraction of sp³-hybridized carbons (Fsp3) is 0.562. The molecule has 6 nitrogen and oxygen atoms in total. The number of amides is 2. The number of urea groups is 1. The summed E-state index contributed by atoms with van der Waals surface area (Å²) < 4.78 is 25.2. The topological polar surface area (TPSA) is 78.5 Å². The van der Waals surface area contributed by atoms with Gasteiger partial charge in [0.15, 0.2) is 0 Å². The minimum atomic E-state index is -3.14. The second-order valence-electron chi connectivity index (χ2n) is 5.96. The molecule has 2 rings (SSSR count). The van der Waals surface area contributed by atoms with E-state index in [-0.39, 0.29) is 23.9 Å². The zero-order valence-corrected chi connectivity index (χ0v) is 15.5. The molecule has 24 heavy (non-hydrogen) atoms. The molecule has 0 aliphatic carbocycles. The van der Waals surface area contributed by atoms with E-state index >= 15 is 0 Å². The molecule has 2 amide bonds. The summed E-state index contributed by atoms with van der Waals surface area (Å²) in [4.78, 5) is 12.1. The molecular formula is C16H24ClN3O3S. The molecule has 2 N–H and O–H groups in total. The molecule has 0 radical (unpaired) electrons. The molecule has 0 saturated carbocycles. The Morgan fingerprint density at radius 1 is 1.29 bits per heavy atom. The van der Waals surface area contributed by atoms with Crippen molar-refractivity contribution in [1.82, 2.24) is 14.9 Å². The Bertz CT molecular complexity index is 656. The van der Waals surface area contributed by atoms with Gasteiger partial charge in [0.05, 0.1) is 11.8 Å². The second kappa shape index (κ2) is 8.18. The first-order chi connectivity index (χ1) is 11.3. The molecule has 0 aromatic heterocycles. The molecule has 1 aromatic carbocycles. The monoisotopic (exact) mass is 373 g/mol. The van der Waals surface area contributed by atoms with Crippen molar-refractivity contribution in [3.05, 3.63) is 34.9 Å². The normalized spacial score (nSPS) is 18.1. The van der Waals surface area contributed by atoms with Crippen molar-refractivity contribution in [2.24, 2.45) is 0 Å². The number of nitrogens with one attached hydrogen (secondary N) is 2. The van der Waals surface area contributed by atoms with E-state index in [0.29, 0.717) is 31.0 Å². The Kier molecular flexibility index (Phi) is 6.48. The third kappa shape index (κ3) is 5.09. The van der Waals surface area contributed by atoms with Crippen LogP contribution in [-0.2, 0) is 10.0 Å². The quantitative estimate of drug-likeness (QED) is 0.832. The number of benzene rings is 1. The largest absolute Gasteiger partial charge is 0.335 e. The van der Waals surface area contributed by atoms with Crippen LogP contribution in [-0.4, -0.2) is 43.6 Å². The van der Waals surface area contributed by atoms with Crippen molar-refractivity contribution in [1.29, 1.82) is 0 Å². The lowest BCUT2D eigenvalue weighted by molar-refractivity contribution is 0.225. The van der Waals surface area contributed by atoms with Crippen LogP contribution >= 0.6 is 11.6 Å². The molecule has 1 saturated heterocycles. The van der Waals surface area contributed by atoms with Crippen molar-refractivity contribution in [2.75, 3.05) is 18.8 Å². The van der Waals surface area contributed by atoms with Crippen LogP contribution in [0.15, 0.2) is 24.3 Å². The Morgan fingerprint density at radius 2 is 1.88 bits per heavy atom. The third-order valence-corrected chi connectivity index (χ3v) is 6.40. The predicted molar refractivity (Wildman–Crippen MR) is 95.6 cm³/mol. The minimum Gasteiger partial charge on any atom is -0.335 e. The van der Waals surface area contributed by atoms with E-state index in [1.165, 1.54) is 4.31 Å². The molecule has 1 aliphatic heterocycles. The average Bonchev–Trinajstić information content (AvgIpc) is 2.55. The van der Waals surface area contributed by atoms with Crippen LogP contribution in [0.1, 0.15) is 38.3 Å². The van der Waals surface area contributed by atoms with Crippen LogP contribution < -0.4 is 10.6 Å². The standard InChI is InChI=1S/C16H24ClN3O3S/c1-3-24(22,23)20-10-8-15(9-11-20)19-16(21)18-12(2)13-4-6-14(17)7-5-13/h4-7,12,15H,3,8-11H2,1-2H3,(H2,18,19,21)/t12-/m0/s1. The van der Waals surface area contributed by atoms with Crippen LogP contribution in [0.25, 0.3) is 0 Å². The summed E-state index contributed by atoms with van der Waals surface area (Å²) in [7, 11) is -3.14. The smallest absolute Gasteiger partial charge is 0.315 e. The van der Waals surface area contributed by atoms with Crippen LogP contribution in [0.5, 0.6) is 0 Å². The fourth-order valence-corrected chi connectivity index (χ4v) is 3.98. The fourth-order valence-electron chi connectivity index (χ4n) is 2.72. The highest BCUT2D eigenvalue weighted by Crippen LogP contribution is 2.17. The van der Waals surface area contributed by atoms with Crippen molar-refractivity contribution < 1.29 is 13.2 Å². The van der Waals surface area contributed by atoms with Gasteiger partial charge in [-0.15, -0.1) is 0 Å². The maximum absolute atomic E-state index is 12.1. The Labute approximate surface area is 148 Å². The lowest BCUT2D eigenvalue weighted by Gasteiger charge is -2.31. The van der Waals surface area contributed by atoms with Crippen molar-refractivity contribution in [3.8, 4) is 0 Å². The van der Waals surface area contributed by atoms with Gasteiger partial charge >= 0.3 is 6.03 Å². The van der Waals surface area contributed by atoms with Crippen molar-refractivity contribution in [2.45, 2.75) is 38.8 Å². The van der Waals surface area contributed by atoms with E-state index in [1.54, 1.807) is 19.1 Å². The average molecular weight is 374 g/mol. The molecule has 8 heteroatoms. The number of hydrogen-bond acceptors (Lipinski definition) is 3. The van der Waals surface area contributed by atoms with Gasteiger partial charge in [-0.05, 0) is 44.4 Å². The molecule has 1 heterocycles. The predicted octanol–water partition coefficient (Wildman–Crippen LogP) is 2.51. The van der Waals surface area contributed by atoms with Gasteiger partial charge in [-0.3, -0.25) is 0 Å². The zero-order chi connectivity index (χ0) is 17.7. The van der Waals surface area contributed by atoms with E-state index < -0.39 is 10.0 Å². The number of nitrogens with zero attached hydrogens (tertiary/aromatic N) is 1. The summed E-state index contributed by atoms with van der Waals surface area (Å²) in [5.41, 5.74) is 0.971. The van der Waals surface area contributed by atoms with Crippen LogP contribution in [0.3, 0.4) is 0 Å². The van der Waals surface area contributed by atoms with Crippen LogP contribution in [0, 0.1) is 0 Å². The Balaban J connectivity index is 1.80. The van der Waals surface area contributed by atoms with Crippen molar-refractivity contribution >= 4 is 27.7 Å². The number of sulfonamides is 1. The summed E-state index contributed by atoms with van der Waals surface area (Å²) in [6.07, 6.45) is 1.25. The minimum absolute atomic E-state index is 0.00859. The van der Waals surface area contributed by atoms with Gasteiger partial charge in [-0.2, -0.15) is 0 Å². The van der Waals surface area contributed by atoms with E-state index in [9.17, 15) is 13.2 Å². The molecule has 1 aliphatic rings. The lowest BCUT2D eigenvalue weighted by atomic mass is 10.1. The first kappa shape index (κ1) is 19.0. The summed E-state index contributed by atoms with van der Waals surface area (Å²) in [6.45, 7) is 4.45. The van der Waals surface area contributed by atoms with E-state index in [2.05, 4.69) is 10.6 Å². The van der Waals surface area contributed by atoms with Crippen LogP contribution in [0.2, 0.25) is 5.02 Å². The molecule has 0 bridgehead atoms. The second-order valence-corrected chi connectivity index (χ2v) is 8.66. The summed E-state index contributed by atoms with van der Waals surface area (Å²) in [6, 6.07) is 6.94. The van der Waals surface area contributed by atoms with Crippen molar-refractivity contribution in [3.63, 3.8) is 0 Å². The number of rotatable bonds is 5. The maximum atomic E-state index is 12.1. The molecular weight excluding hydrogens is 350 g/mol. The van der Waals surface area contributed by atoms with Gasteiger partial charge in [0.1, 0.15) is 0 Å². The van der Waals surface area contributed by atoms with E-state index in [4.69, 9.17) is 11.6 Å². The van der Waals surface area contributed by atoms with Gasteiger partial charge < -0.3 is 10.6 Å². The first-order valence-electron chi connectivity index (χ1n) is 8.12. The van der Waals surface area contributed by atoms with Crippen LogP contribution in [0.4, 0.5) is 4.79 Å². The number of piperidine rings is 1.